The highest BCUT2D eigenvalue weighted by Crippen LogP contribution is 2.43. The number of carbonyl (C=O) groups excluding carboxylic acids is 2. The topological polar surface area (TPSA) is 114 Å². The standard InChI is InChI=1S/C32H33N3O6/c1-7-41-24-12-11-20(14-21(24)17(2)3)29(36)27-28(19-10-8-9-18(4)13-19)35(31(38)30(27)37)32-33-22-15-25(39-5)26(40-6)16-23(22)34-32/h8-17,28,36H,7H2,1-6H3,(H,33,34)/b29-27+. The van der Waals surface area contributed by atoms with Gasteiger partial charge in [-0.2, -0.15) is 0 Å². The maximum Gasteiger partial charge on any atom is 0.302 e. The number of amides is 1. The lowest BCUT2D eigenvalue weighted by Gasteiger charge is -2.23. The number of Topliss-reactive ketones (excluding diaryl/α,β-unsaturated/α-hetero) is 1. The normalized spacial score (nSPS) is 16.6. The van der Waals surface area contributed by atoms with Crippen molar-refractivity contribution in [1.29, 1.82) is 0 Å². The maximum atomic E-state index is 13.7. The lowest BCUT2D eigenvalue weighted by Crippen LogP contribution is -2.30. The minimum Gasteiger partial charge on any atom is -0.507 e. The molecular weight excluding hydrogens is 522 g/mol. The first-order valence-corrected chi connectivity index (χ1v) is 13.4. The largest absolute Gasteiger partial charge is 0.507 e. The molecule has 1 aliphatic rings. The van der Waals surface area contributed by atoms with Crippen LogP contribution in [0.3, 0.4) is 0 Å². The average molecular weight is 556 g/mol. The number of aliphatic hydroxyl groups excluding tert-OH is 1. The molecule has 2 N–H and O–H groups in total. The molecule has 1 fully saturated rings. The number of hydrogen-bond acceptors (Lipinski definition) is 7. The van der Waals surface area contributed by atoms with Gasteiger partial charge < -0.3 is 24.3 Å². The number of ether oxygens (including phenoxy) is 3. The highest BCUT2D eigenvalue weighted by Gasteiger charge is 2.48. The van der Waals surface area contributed by atoms with E-state index >= 15 is 0 Å². The van der Waals surface area contributed by atoms with Crippen LogP contribution in [0.25, 0.3) is 16.8 Å². The van der Waals surface area contributed by atoms with Crippen LogP contribution < -0.4 is 19.1 Å². The molecule has 212 valence electrons. The van der Waals surface area contributed by atoms with Gasteiger partial charge in [0.1, 0.15) is 11.5 Å². The summed E-state index contributed by atoms with van der Waals surface area (Å²) in [6, 6.07) is 15.3. The number of aliphatic hydroxyl groups is 1. The Morgan fingerprint density at radius 3 is 2.41 bits per heavy atom. The van der Waals surface area contributed by atoms with Gasteiger partial charge in [0.25, 0.3) is 5.78 Å². The van der Waals surface area contributed by atoms with Crippen LogP contribution in [0.2, 0.25) is 0 Å². The maximum absolute atomic E-state index is 13.7. The number of nitrogens with zero attached hydrogens (tertiary/aromatic N) is 2. The number of ketones is 1. The van der Waals surface area contributed by atoms with E-state index in [1.54, 1.807) is 24.3 Å². The van der Waals surface area contributed by atoms with Crippen LogP contribution in [0.5, 0.6) is 17.2 Å². The molecule has 0 radical (unpaired) electrons. The average Bonchev–Trinajstić information content (AvgIpc) is 3.49. The summed E-state index contributed by atoms with van der Waals surface area (Å²) >= 11 is 0. The predicted molar refractivity (Wildman–Crippen MR) is 157 cm³/mol. The van der Waals surface area contributed by atoms with Gasteiger partial charge in [-0.25, -0.2) is 4.98 Å². The number of hydrogen-bond donors (Lipinski definition) is 2. The second-order valence-electron chi connectivity index (χ2n) is 10.2. The summed E-state index contributed by atoms with van der Waals surface area (Å²) in [7, 11) is 3.06. The summed E-state index contributed by atoms with van der Waals surface area (Å²) in [6.07, 6.45) is 0. The Balaban J connectivity index is 1.71. The zero-order valence-corrected chi connectivity index (χ0v) is 23.9. The van der Waals surface area contributed by atoms with Crippen LogP contribution in [-0.4, -0.2) is 47.6 Å². The number of H-pyrrole nitrogens is 1. The first-order valence-electron chi connectivity index (χ1n) is 13.4. The first-order chi connectivity index (χ1) is 19.7. The third kappa shape index (κ3) is 4.88. The summed E-state index contributed by atoms with van der Waals surface area (Å²) in [6.45, 7) is 8.39. The third-order valence-corrected chi connectivity index (χ3v) is 7.21. The van der Waals surface area contributed by atoms with Crippen molar-refractivity contribution < 1.29 is 28.9 Å². The summed E-state index contributed by atoms with van der Waals surface area (Å²) in [5, 5.41) is 11.7. The van der Waals surface area contributed by atoms with Crippen molar-refractivity contribution in [2.45, 2.75) is 39.7 Å². The number of anilines is 1. The molecule has 41 heavy (non-hydrogen) atoms. The van der Waals surface area contributed by atoms with E-state index < -0.39 is 17.7 Å². The van der Waals surface area contributed by atoms with Crippen LogP contribution in [0, 0.1) is 6.92 Å². The minimum absolute atomic E-state index is 0.0184. The molecule has 1 amide bonds. The number of nitrogens with one attached hydrogen (secondary N) is 1. The van der Waals surface area contributed by atoms with Crippen LogP contribution in [0.1, 0.15) is 55.0 Å². The van der Waals surface area contributed by atoms with E-state index in [2.05, 4.69) is 9.97 Å². The summed E-state index contributed by atoms with van der Waals surface area (Å²) < 4.78 is 16.6. The van der Waals surface area contributed by atoms with E-state index in [9.17, 15) is 14.7 Å². The van der Waals surface area contributed by atoms with Crippen LogP contribution in [0.4, 0.5) is 5.95 Å². The van der Waals surface area contributed by atoms with Gasteiger partial charge in [0.15, 0.2) is 11.5 Å². The molecule has 2 heterocycles. The van der Waals surface area contributed by atoms with Gasteiger partial charge in [0, 0.05) is 17.7 Å². The monoisotopic (exact) mass is 555 g/mol. The van der Waals surface area contributed by atoms with Crippen molar-refractivity contribution in [3.8, 4) is 17.2 Å². The number of imidazole rings is 1. The number of methoxy groups -OCH3 is 2. The van der Waals surface area contributed by atoms with E-state index in [1.165, 1.54) is 19.1 Å². The fourth-order valence-electron chi connectivity index (χ4n) is 5.23. The van der Waals surface area contributed by atoms with Gasteiger partial charge in [-0.05, 0) is 49.1 Å². The molecule has 9 heteroatoms. The van der Waals surface area contributed by atoms with E-state index in [4.69, 9.17) is 14.2 Å². The van der Waals surface area contributed by atoms with Crippen molar-refractivity contribution in [1.82, 2.24) is 9.97 Å². The molecule has 5 rings (SSSR count). The van der Waals surface area contributed by atoms with Crippen molar-refractivity contribution >= 4 is 34.4 Å². The quantitative estimate of drug-likeness (QED) is 0.155. The highest BCUT2D eigenvalue weighted by atomic mass is 16.5. The molecule has 9 nitrogen and oxygen atoms in total. The lowest BCUT2D eigenvalue weighted by molar-refractivity contribution is -0.132. The second-order valence-corrected chi connectivity index (χ2v) is 10.2. The Hall–Kier alpha value is -4.79. The third-order valence-electron chi connectivity index (χ3n) is 7.21. The number of aromatic amines is 1. The molecule has 4 aromatic rings. The Morgan fingerprint density at radius 2 is 1.76 bits per heavy atom. The minimum atomic E-state index is -0.923. The highest BCUT2D eigenvalue weighted by molar-refractivity contribution is 6.51. The molecule has 3 aromatic carbocycles. The van der Waals surface area contributed by atoms with Crippen molar-refractivity contribution in [3.05, 3.63) is 82.4 Å². The van der Waals surface area contributed by atoms with Gasteiger partial charge in [0.05, 0.1) is 43.5 Å². The van der Waals surface area contributed by atoms with Gasteiger partial charge in [0.2, 0.25) is 5.95 Å². The van der Waals surface area contributed by atoms with Crippen molar-refractivity contribution in [2.75, 3.05) is 25.7 Å². The molecule has 0 spiro atoms. The van der Waals surface area contributed by atoms with Crippen molar-refractivity contribution in [2.24, 2.45) is 0 Å². The number of fused-ring (bicyclic) bond motifs is 1. The lowest BCUT2D eigenvalue weighted by atomic mass is 9.92. The smallest absolute Gasteiger partial charge is 0.302 e. The molecule has 1 atom stereocenters. The molecule has 0 bridgehead atoms. The second kappa shape index (κ2) is 11.0. The zero-order chi connectivity index (χ0) is 29.4. The Kier molecular flexibility index (Phi) is 7.45. The van der Waals surface area contributed by atoms with E-state index in [0.717, 1.165) is 11.1 Å². The van der Waals surface area contributed by atoms with Crippen LogP contribution in [-0.2, 0) is 9.59 Å². The fraction of sp³-hybridized carbons (Fsp3) is 0.281. The van der Waals surface area contributed by atoms with Gasteiger partial charge >= 0.3 is 5.91 Å². The molecular formula is C32H33N3O6. The number of benzene rings is 3. The molecule has 1 aromatic heterocycles. The predicted octanol–water partition coefficient (Wildman–Crippen LogP) is 6.04. The Bertz CT molecular complexity index is 1650. The Labute approximate surface area is 238 Å². The van der Waals surface area contributed by atoms with E-state index in [1.807, 2.05) is 58.0 Å². The fourth-order valence-corrected chi connectivity index (χ4v) is 5.23. The number of aromatic nitrogens is 2. The van der Waals surface area contributed by atoms with Crippen LogP contribution >= 0.6 is 0 Å². The molecule has 0 saturated carbocycles. The van der Waals surface area contributed by atoms with Crippen LogP contribution in [0.15, 0.2) is 60.2 Å². The van der Waals surface area contributed by atoms with Gasteiger partial charge in [-0.3, -0.25) is 14.5 Å². The molecule has 1 unspecified atom stereocenters. The SMILES string of the molecule is CCOc1ccc(/C(O)=C2\C(=O)C(=O)N(c3nc4cc(OC)c(OC)cc4[nH]3)C2c2cccc(C)c2)cc1C(C)C. The summed E-state index contributed by atoms with van der Waals surface area (Å²) in [5.74, 6) is 0.0809. The zero-order valence-electron chi connectivity index (χ0n) is 23.9. The van der Waals surface area contributed by atoms with Gasteiger partial charge in [-0.15, -0.1) is 0 Å². The number of aryl methyl sites for hydroxylation is 1. The van der Waals surface area contributed by atoms with Gasteiger partial charge in [-0.1, -0.05) is 43.7 Å². The molecule has 1 aliphatic heterocycles. The van der Waals surface area contributed by atoms with E-state index in [-0.39, 0.29) is 23.2 Å². The first kappa shape index (κ1) is 27.8. The molecule has 1 saturated heterocycles. The Morgan fingerprint density at radius 1 is 1.02 bits per heavy atom. The summed E-state index contributed by atoms with van der Waals surface area (Å²) in [5.41, 5.74) is 4.01. The number of carbonyl (C=O) groups is 2. The van der Waals surface area contributed by atoms with Crippen molar-refractivity contribution in [3.63, 3.8) is 0 Å². The van der Waals surface area contributed by atoms with E-state index in [0.29, 0.717) is 46.0 Å². The number of rotatable bonds is 8. The molecule has 0 aliphatic carbocycles. The summed E-state index contributed by atoms with van der Waals surface area (Å²) in [4.78, 5) is 36.4.